The second kappa shape index (κ2) is 19.6. The summed E-state index contributed by atoms with van der Waals surface area (Å²) in [6, 6.07) is -5.10. The lowest BCUT2D eigenvalue weighted by molar-refractivity contribution is -0.357. The predicted molar refractivity (Wildman–Crippen MR) is 173 cm³/mol. The molecule has 3 fully saturated rings. The van der Waals surface area contributed by atoms with Crippen LogP contribution in [0.5, 0.6) is 0 Å². The number of aliphatic hydroxyl groups excluding tert-OH is 3. The van der Waals surface area contributed by atoms with Gasteiger partial charge in [-0.2, -0.15) is 60.0 Å². The lowest BCUT2D eigenvalue weighted by Crippen LogP contribution is -2.70. The summed E-state index contributed by atoms with van der Waals surface area (Å²) in [5.41, 5.74) is 0. The third kappa shape index (κ3) is 15.8. The molecule has 0 aromatic carbocycles. The summed E-state index contributed by atoms with van der Waals surface area (Å²) in [4.78, 5) is 12.5. The van der Waals surface area contributed by atoms with Crippen LogP contribution in [0.4, 0.5) is 0 Å². The van der Waals surface area contributed by atoms with Crippen molar-refractivity contribution in [2.24, 2.45) is 0 Å². The Kier molecular flexibility index (Phi) is 17.2. The fourth-order valence-corrected chi connectivity index (χ4v) is 8.47. The average Bonchev–Trinajstić information content (AvgIpc) is 3.03. The van der Waals surface area contributed by atoms with Gasteiger partial charge in [-0.15, -0.1) is 0 Å². The van der Waals surface area contributed by atoms with E-state index >= 15 is 0 Å². The third-order valence-electron chi connectivity index (χ3n) is 7.76. The number of hydrogen-bond acceptors (Lipinski definition) is 26. The van der Waals surface area contributed by atoms with Crippen molar-refractivity contribution in [2.45, 2.75) is 92.0 Å². The molecule has 0 bridgehead atoms. The van der Waals surface area contributed by atoms with Crippen molar-refractivity contribution in [1.29, 1.82) is 0 Å². The Morgan fingerprint density at radius 2 is 1.00 bits per heavy atom. The number of aliphatic hydroxyl groups is 3. The summed E-state index contributed by atoms with van der Waals surface area (Å²) in [5, 5.41) is 42.6. The fourth-order valence-electron chi connectivity index (χ4n) is 5.67. The number of methoxy groups -OCH3 is 1. The average molecular weight is 1010 g/mol. The van der Waals surface area contributed by atoms with Crippen LogP contribution in [-0.4, -0.2) is 217 Å². The van der Waals surface area contributed by atoms with Crippen LogP contribution >= 0.6 is 0 Å². The predicted octanol–water partition coefficient (Wildman–Crippen LogP) is -8.72. The molecule has 3 aliphatic rings. The zero-order chi connectivity index (χ0) is 46.1. The van der Waals surface area contributed by atoms with E-state index in [9.17, 15) is 93.9 Å². The molecule has 60 heavy (non-hydrogen) atoms. The van der Waals surface area contributed by atoms with Gasteiger partial charge in [-0.25, -0.2) is 21.5 Å². The summed E-state index contributed by atoms with van der Waals surface area (Å²) in [5.74, 6) is -2.31. The quantitative estimate of drug-likeness (QED) is 0.0504. The van der Waals surface area contributed by atoms with Gasteiger partial charge in [-0.1, -0.05) is 0 Å². The zero-order valence-corrected chi connectivity index (χ0v) is 33.8. The lowest BCUT2D eigenvalue weighted by atomic mass is 9.95. The van der Waals surface area contributed by atoms with E-state index in [4.69, 9.17) is 37.5 Å². The summed E-state index contributed by atoms with van der Waals surface area (Å²) >= 11 is 0. The van der Waals surface area contributed by atoms with E-state index in [-0.39, 0.29) is 0 Å². The van der Waals surface area contributed by atoms with E-state index < -0.39 is 173 Å². The number of ether oxygens (including phenoxy) is 6. The maximum atomic E-state index is 12.5. The normalized spacial score (nSPS) is 36.5. The molecule has 12 N–H and O–H groups in total. The minimum absolute atomic E-state index is 0.701. The molecular formula is C19H34N2O33S6. The van der Waals surface area contributed by atoms with Gasteiger partial charge in [-0.3, -0.25) is 27.3 Å². The summed E-state index contributed by atoms with van der Waals surface area (Å²) in [7, 11) is -32.9. The second-order valence-corrected chi connectivity index (χ2v) is 18.5. The molecule has 3 rings (SSSR count). The molecule has 0 saturated carbocycles. The molecule has 3 saturated heterocycles. The first-order chi connectivity index (χ1) is 27.0. The van der Waals surface area contributed by atoms with Gasteiger partial charge in [-0.05, 0) is 0 Å². The Morgan fingerprint density at radius 3 is 1.43 bits per heavy atom. The molecule has 0 aromatic heterocycles. The molecule has 0 amide bonds. The van der Waals surface area contributed by atoms with Crippen molar-refractivity contribution >= 4 is 68.2 Å². The summed E-state index contributed by atoms with van der Waals surface area (Å²) < 4.78 is 246. The number of rotatable bonds is 20. The fraction of sp³-hybridized carbons (Fsp3) is 0.947. The summed E-state index contributed by atoms with van der Waals surface area (Å²) in [6.45, 7) is -2.98. The molecule has 3 aliphatic heterocycles. The van der Waals surface area contributed by atoms with Crippen molar-refractivity contribution in [3.05, 3.63) is 0 Å². The molecule has 35 nitrogen and oxygen atoms in total. The van der Waals surface area contributed by atoms with Gasteiger partial charge in [0.15, 0.2) is 31.1 Å². The highest BCUT2D eigenvalue weighted by molar-refractivity contribution is 7.84. The second-order valence-electron chi connectivity index (χ2n) is 11.9. The third-order valence-corrected chi connectivity index (χ3v) is 10.7. The maximum absolute atomic E-state index is 12.5. The number of aliphatic carboxylic acids is 1. The highest BCUT2D eigenvalue weighted by atomic mass is 32.3. The number of nitrogens with one attached hydrogen (secondary N) is 2. The molecule has 0 radical (unpaired) electrons. The van der Waals surface area contributed by atoms with Crippen molar-refractivity contribution in [3.8, 4) is 0 Å². The van der Waals surface area contributed by atoms with Crippen molar-refractivity contribution in [3.63, 3.8) is 0 Å². The van der Waals surface area contributed by atoms with Gasteiger partial charge < -0.3 is 48.8 Å². The van der Waals surface area contributed by atoms with E-state index in [1.165, 1.54) is 9.44 Å². The van der Waals surface area contributed by atoms with Crippen LogP contribution in [-0.2, 0) is 112 Å². The SMILES string of the molecule is CO[C@H]1[C@H](OS(=O)(=O)O)[C@@H](NS(=O)(=O)O)[C@H](O[C@H]2[C@H](O)[C@@H](OS(=O)(=O)O)[C@H](O[C@H]3[C@H](O)[C@@H](NS(=O)(=O)O)[C@@H](O)O[C@@H]3COS(=O)(=O)O)O[C@H]2C(=O)O)O[C@@H]1COS(=O)(=O)O. The van der Waals surface area contributed by atoms with Gasteiger partial charge in [0, 0.05) is 7.11 Å². The molecule has 354 valence electrons. The summed E-state index contributed by atoms with van der Waals surface area (Å²) in [6.07, 6.45) is -34.5. The smallest absolute Gasteiger partial charge is 0.397 e. The van der Waals surface area contributed by atoms with Crippen LogP contribution in [0, 0.1) is 0 Å². The topological polar surface area (TPSA) is 541 Å². The molecule has 0 unspecified atom stereocenters. The highest BCUT2D eigenvalue weighted by Crippen LogP contribution is 2.36. The first-order valence-electron chi connectivity index (χ1n) is 15.1. The monoisotopic (exact) mass is 1010 g/mol. The largest absolute Gasteiger partial charge is 0.479 e. The minimum atomic E-state index is -5.93. The lowest BCUT2D eigenvalue weighted by Gasteiger charge is -2.49. The number of carbonyl (C=O) groups is 1. The van der Waals surface area contributed by atoms with E-state index in [1.54, 1.807) is 0 Å². The van der Waals surface area contributed by atoms with E-state index in [1.807, 2.05) is 0 Å². The Balaban J connectivity index is 2.17. The molecule has 0 aromatic rings. The van der Waals surface area contributed by atoms with Crippen LogP contribution in [0.3, 0.4) is 0 Å². The van der Waals surface area contributed by atoms with Gasteiger partial charge in [0.2, 0.25) is 0 Å². The van der Waals surface area contributed by atoms with Gasteiger partial charge in [0.05, 0.1) is 13.2 Å². The maximum Gasteiger partial charge on any atom is 0.397 e. The molecule has 3 heterocycles. The van der Waals surface area contributed by atoms with E-state index in [0.29, 0.717) is 7.11 Å². The van der Waals surface area contributed by atoms with Gasteiger partial charge >= 0.3 is 68.2 Å². The van der Waals surface area contributed by atoms with E-state index in [0.717, 1.165) is 0 Å². The molecule has 0 spiro atoms. The molecule has 0 aliphatic carbocycles. The van der Waals surface area contributed by atoms with Crippen LogP contribution in [0.25, 0.3) is 0 Å². The Hall–Kier alpha value is -1.67. The standard InChI is InChI=1S/C19H34N2O33S6/c1-45-11-5(3-47-58(36,37)38)49-18(7(21-56(30,31)32)12(11)53-59(39,40)41)51-13-9(23)14(54-60(42,43)44)19(52-15(13)16(24)25)50-10-4(2-46-57(33,34)35)48-17(26)6(8(10)22)20-55(27,28)29/h4-15,17-23,26H,2-3H2,1H3,(H,24,25)(H,27,28,29)(H,30,31,32)(H,33,34,35)(H,36,37,38)(H,39,40,41)(H,42,43,44)/t4-,5-,6-,7-,8-,9+,10-,11-,12-,13+,14-,15-,17+,18+,19-/m1/s1. The first kappa shape index (κ1) is 52.7. The number of hydrogen-bond donors (Lipinski definition) is 12. The molecule has 41 heteroatoms. The number of carboxylic acids is 1. The van der Waals surface area contributed by atoms with Crippen molar-refractivity contribution in [2.75, 3.05) is 20.3 Å². The van der Waals surface area contributed by atoms with E-state index in [2.05, 4.69) is 16.7 Å². The Morgan fingerprint density at radius 1 is 0.550 bits per heavy atom. The highest BCUT2D eigenvalue weighted by Gasteiger charge is 2.58. The Bertz CT molecular complexity index is 2180. The van der Waals surface area contributed by atoms with Gasteiger partial charge in [0.25, 0.3) is 0 Å². The van der Waals surface area contributed by atoms with Crippen LogP contribution in [0.2, 0.25) is 0 Å². The van der Waals surface area contributed by atoms with Crippen molar-refractivity contribution in [1.82, 2.24) is 9.44 Å². The van der Waals surface area contributed by atoms with Gasteiger partial charge in [0.1, 0.15) is 60.9 Å². The Labute approximate surface area is 337 Å². The van der Waals surface area contributed by atoms with Crippen LogP contribution in [0.1, 0.15) is 0 Å². The molecular weight excluding hydrogens is 977 g/mol. The first-order valence-corrected chi connectivity index (χ1v) is 23.4. The van der Waals surface area contributed by atoms with Crippen LogP contribution in [0.15, 0.2) is 0 Å². The van der Waals surface area contributed by atoms with Crippen LogP contribution < -0.4 is 9.44 Å². The minimum Gasteiger partial charge on any atom is -0.479 e. The number of carboxylic acid groups (broad SMARTS) is 1. The zero-order valence-electron chi connectivity index (χ0n) is 28.9. The molecule has 15 atom stereocenters. The van der Waals surface area contributed by atoms with Crippen molar-refractivity contribution < 1.29 is 148 Å².